The summed E-state index contributed by atoms with van der Waals surface area (Å²) in [6.07, 6.45) is 0. The van der Waals surface area contributed by atoms with Gasteiger partial charge in [0.1, 0.15) is 0 Å². The molecule has 4 N–H and O–H groups in total. The predicted octanol–water partition coefficient (Wildman–Crippen LogP) is 3.38. The zero-order valence-electron chi connectivity index (χ0n) is 11.5. The highest BCUT2D eigenvalue weighted by Gasteiger charge is 2.01. The minimum Gasteiger partial charge on any atom is -0.505 e. The van der Waals surface area contributed by atoms with Gasteiger partial charge >= 0.3 is 0 Å². The molecule has 0 saturated carbocycles. The van der Waals surface area contributed by atoms with Crippen LogP contribution in [0.5, 0.6) is 5.75 Å². The first-order chi connectivity index (χ1) is 9.54. The van der Waals surface area contributed by atoms with Crippen LogP contribution in [-0.4, -0.2) is 11.1 Å². The Morgan fingerprint density at radius 1 is 1.29 bits per heavy atom. The summed E-state index contributed by atoms with van der Waals surface area (Å²) in [5, 5.41) is 12.1. The van der Waals surface area contributed by atoms with E-state index in [0.29, 0.717) is 5.56 Å². The monoisotopic (exact) mass is 401 g/mol. The van der Waals surface area contributed by atoms with Gasteiger partial charge in [0.05, 0.1) is 6.54 Å². The third-order valence-corrected chi connectivity index (χ3v) is 2.73. The molecular weight excluding hydrogens is 384 g/mol. The van der Waals surface area contributed by atoms with Gasteiger partial charge in [0.25, 0.3) is 0 Å². The lowest BCUT2D eigenvalue weighted by Crippen LogP contribution is -2.22. The lowest BCUT2D eigenvalue weighted by molar-refractivity contribution is 0.432. The van der Waals surface area contributed by atoms with Crippen LogP contribution in [0.4, 0.5) is 10.1 Å². The van der Waals surface area contributed by atoms with Gasteiger partial charge in [-0.05, 0) is 42.3 Å². The SMILES string of the molecule is Cc1cccc(NC(N)=NCc2ccc(O)c(F)c2)c1.I. The van der Waals surface area contributed by atoms with E-state index in [1.165, 1.54) is 12.1 Å². The average molecular weight is 401 g/mol. The molecule has 112 valence electrons. The molecule has 0 aromatic heterocycles. The summed E-state index contributed by atoms with van der Waals surface area (Å²) >= 11 is 0. The number of nitrogens with two attached hydrogens (primary N) is 1. The Hall–Kier alpha value is -1.83. The Morgan fingerprint density at radius 3 is 2.71 bits per heavy atom. The van der Waals surface area contributed by atoms with Crippen LogP contribution in [0.15, 0.2) is 47.5 Å². The number of hydrogen-bond donors (Lipinski definition) is 3. The molecule has 0 heterocycles. The smallest absolute Gasteiger partial charge is 0.193 e. The summed E-state index contributed by atoms with van der Waals surface area (Å²) in [5.41, 5.74) is 8.37. The Bertz CT molecular complexity index is 647. The number of rotatable bonds is 3. The number of benzene rings is 2. The molecule has 2 aromatic carbocycles. The molecule has 2 aromatic rings. The minimum atomic E-state index is -0.664. The number of aliphatic imine (C=N–C) groups is 1. The van der Waals surface area contributed by atoms with Crippen LogP contribution < -0.4 is 11.1 Å². The topological polar surface area (TPSA) is 70.6 Å². The molecule has 0 bridgehead atoms. The molecule has 0 spiro atoms. The molecule has 6 heteroatoms. The average Bonchev–Trinajstić information content (AvgIpc) is 2.40. The second-order valence-electron chi connectivity index (χ2n) is 4.48. The van der Waals surface area contributed by atoms with Crippen molar-refractivity contribution >= 4 is 35.6 Å². The van der Waals surface area contributed by atoms with Crippen molar-refractivity contribution in [2.24, 2.45) is 10.7 Å². The molecule has 0 radical (unpaired) electrons. The number of anilines is 1. The fourth-order valence-electron chi connectivity index (χ4n) is 1.74. The Kier molecular flexibility index (Phi) is 6.41. The molecule has 0 amide bonds. The lowest BCUT2D eigenvalue weighted by atomic mass is 10.2. The first kappa shape index (κ1) is 17.2. The van der Waals surface area contributed by atoms with E-state index in [-0.39, 0.29) is 42.2 Å². The van der Waals surface area contributed by atoms with Gasteiger partial charge in [0, 0.05) is 5.69 Å². The fraction of sp³-hybridized carbons (Fsp3) is 0.133. The number of aromatic hydroxyl groups is 1. The molecular formula is C15H17FIN3O. The fourth-order valence-corrected chi connectivity index (χ4v) is 1.74. The van der Waals surface area contributed by atoms with Crippen molar-refractivity contribution in [2.45, 2.75) is 13.5 Å². The Morgan fingerprint density at radius 2 is 2.05 bits per heavy atom. The highest BCUT2D eigenvalue weighted by Crippen LogP contribution is 2.16. The van der Waals surface area contributed by atoms with Crippen LogP contribution in [0.3, 0.4) is 0 Å². The second kappa shape index (κ2) is 7.82. The number of nitrogens with one attached hydrogen (secondary N) is 1. The van der Waals surface area contributed by atoms with E-state index >= 15 is 0 Å². The van der Waals surface area contributed by atoms with Crippen LogP contribution in [0.1, 0.15) is 11.1 Å². The Labute approximate surface area is 139 Å². The molecule has 0 fully saturated rings. The van der Waals surface area contributed by atoms with Crippen LogP contribution in [0.2, 0.25) is 0 Å². The summed E-state index contributed by atoms with van der Waals surface area (Å²) in [6, 6.07) is 11.9. The van der Waals surface area contributed by atoms with Crippen molar-refractivity contribution in [2.75, 3.05) is 5.32 Å². The number of phenolic OH excluding ortho intramolecular Hbond substituents is 1. The largest absolute Gasteiger partial charge is 0.505 e. The minimum absolute atomic E-state index is 0. The highest BCUT2D eigenvalue weighted by atomic mass is 127. The number of hydrogen-bond acceptors (Lipinski definition) is 2. The van der Waals surface area contributed by atoms with Crippen LogP contribution in [-0.2, 0) is 6.54 Å². The van der Waals surface area contributed by atoms with E-state index in [4.69, 9.17) is 10.8 Å². The summed E-state index contributed by atoms with van der Waals surface area (Å²) in [6.45, 7) is 2.22. The molecule has 0 saturated heterocycles. The van der Waals surface area contributed by atoms with Crippen molar-refractivity contribution in [3.8, 4) is 5.75 Å². The van der Waals surface area contributed by atoms with Crippen molar-refractivity contribution in [3.05, 3.63) is 59.4 Å². The van der Waals surface area contributed by atoms with Crippen molar-refractivity contribution < 1.29 is 9.50 Å². The van der Waals surface area contributed by atoms with Gasteiger partial charge in [-0.25, -0.2) is 9.38 Å². The maximum atomic E-state index is 13.1. The predicted molar refractivity (Wildman–Crippen MR) is 93.6 cm³/mol. The zero-order valence-corrected chi connectivity index (χ0v) is 13.8. The van der Waals surface area contributed by atoms with E-state index in [1.54, 1.807) is 6.07 Å². The number of aryl methyl sites for hydroxylation is 1. The van der Waals surface area contributed by atoms with E-state index in [2.05, 4.69) is 10.3 Å². The summed E-state index contributed by atoms with van der Waals surface area (Å²) < 4.78 is 13.1. The first-order valence-electron chi connectivity index (χ1n) is 6.15. The van der Waals surface area contributed by atoms with Crippen LogP contribution in [0.25, 0.3) is 0 Å². The quantitative estimate of drug-likeness (QED) is 0.420. The number of phenols is 1. The van der Waals surface area contributed by atoms with Crippen molar-refractivity contribution in [3.63, 3.8) is 0 Å². The van der Waals surface area contributed by atoms with Crippen molar-refractivity contribution in [1.29, 1.82) is 0 Å². The summed E-state index contributed by atoms with van der Waals surface area (Å²) in [4.78, 5) is 4.13. The van der Waals surface area contributed by atoms with Gasteiger partial charge in [-0.2, -0.15) is 0 Å². The molecule has 0 aliphatic rings. The Balaban J connectivity index is 0.00000220. The van der Waals surface area contributed by atoms with Gasteiger partial charge in [-0.15, -0.1) is 24.0 Å². The summed E-state index contributed by atoms with van der Waals surface area (Å²) in [5.74, 6) is -0.782. The number of halogens is 2. The first-order valence-corrected chi connectivity index (χ1v) is 6.15. The standard InChI is InChI=1S/C15H16FN3O.HI/c1-10-3-2-4-12(7-10)19-15(17)18-9-11-5-6-14(20)13(16)8-11;/h2-8,20H,9H2,1H3,(H3,17,18,19);1H. The number of nitrogens with zero attached hydrogens (tertiary/aromatic N) is 1. The number of guanidine groups is 1. The molecule has 0 aliphatic heterocycles. The van der Waals surface area contributed by atoms with Gasteiger partial charge in [-0.3, -0.25) is 0 Å². The van der Waals surface area contributed by atoms with Crippen LogP contribution in [0, 0.1) is 12.7 Å². The van der Waals surface area contributed by atoms with Gasteiger partial charge < -0.3 is 16.2 Å². The van der Waals surface area contributed by atoms with Crippen LogP contribution >= 0.6 is 24.0 Å². The summed E-state index contributed by atoms with van der Waals surface area (Å²) in [7, 11) is 0. The van der Waals surface area contributed by atoms with E-state index in [0.717, 1.165) is 11.3 Å². The molecule has 0 unspecified atom stereocenters. The molecule has 2 rings (SSSR count). The highest BCUT2D eigenvalue weighted by molar-refractivity contribution is 14.0. The third kappa shape index (κ3) is 5.22. The van der Waals surface area contributed by atoms with Gasteiger partial charge in [0.15, 0.2) is 17.5 Å². The molecule has 0 atom stereocenters. The van der Waals surface area contributed by atoms with E-state index in [9.17, 15) is 4.39 Å². The molecule has 4 nitrogen and oxygen atoms in total. The van der Waals surface area contributed by atoms with Gasteiger partial charge in [-0.1, -0.05) is 18.2 Å². The van der Waals surface area contributed by atoms with E-state index < -0.39 is 5.82 Å². The maximum Gasteiger partial charge on any atom is 0.193 e. The van der Waals surface area contributed by atoms with Gasteiger partial charge in [0.2, 0.25) is 0 Å². The zero-order chi connectivity index (χ0) is 14.5. The van der Waals surface area contributed by atoms with E-state index in [1.807, 2.05) is 31.2 Å². The second-order valence-corrected chi connectivity index (χ2v) is 4.48. The maximum absolute atomic E-state index is 13.1. The van der Waals surface area contributed by atoms with Crippen molar-refractivity contribution in [1.82, 2.24) is 0 Å². The third-order valence-electron chi connectivity index (χ3n) is 2.73. The molecule has 21 heavy (non-hydrogen) atoms. The molecule has 0 aliphatic carbocycles. The lowest BCUT2D eigenvalue weighted by Gasteiger charge is -2.06. The normalized spacial score (nSPS) is 10.9.